The Hall–Kier alpha value is -2.74. The highest BCUT2D eigenvalue weighted by atomic mass is 16.5. The van der Waals surface area contributed by atoms with E-state index in [1.807, 2.05) is 66.7 Å². The minimum atomic E-state index is 0.267. The van der Waals surface area contributed by atoms with Crippen LogP contribution in [0.4, 0.5) is 0 Å². The zero-order valence-corrected chi connectivity index (χ0v) is 11.6. The van der Waals surface area contributed by atoms with E-state index < -0.39 is 0 Å². The first-order chi connectivity index (χ1) is 10.3. The molecular formula is C19H16O2. The van der Waals surface area contributed by atoms with Gasteiger partial charge in [-0.2, -0.15) is 0 Å². The Bertz CT molecular complexity index is 720. The lowest BCUT2D eigenvalue weighted by Gasteiger charge is -2.08. The summed E-state index contributed by atoms with van der Waals surface area (Å²) in [6, 6.07) is 25.2. The van der Waals surface area contributed by atoms with Gasteiger partial charge in [0.15, 0.2) is 0 Å². The SMILES string of the molecule is Oc1cccc(-c2cccc(OCc3ccccc3)c2)c1. The lowest BCUT2D eigenvalue weighted by molar-refractivity contribution is 0.306. The third-order valence-electron chi connectivity index (χ3n) is 3.26. The topological polar surface area (TPSA) is 29.5 Å². The standard InChI is InChI=1S/C19H16O2/c20-18-10-4-8-16(12-18)17-9-5-11-19(13-17)21-14-15-6-2-1-3-7-15/h1-13,20H,14H2. The number of benzene rings is 3. The van der Waals surface area contributed by atoms with Gasteiger partial charge in [-0.3, -0.25) is 0 Å². The van der Waals surface area contributed by atoms with Gasteiger partial charge in [0.05, 0.1) is 0 Å². The molecule has 21 heavy (non-hydrogen) atoms. The Morgan fingerprint density at radius 3 is 2.19 bits per heavy atom. The molecule has 0 amide bonds. The predicted molar refractivity (Wildman–Crippen MR) is 84.3 cm³/mol. The monoisotopic (exact) mass is 276 g/mol. The Balaban J connectivity index is 1.77. The van der Waals surface area contributed by atoms with Crippen molar-refractivity contribution in [3.63, 3.8) is 0 Å². The summed E-state index contributed by atoms with van der Waals surface area (Å²) in [6.45, 7) is 0.546. The summed E-state index contributed by atoms with van der Waals surface area (Å²) in [4.78, 5) is 0. The lowest BCUT2D eigenvalue weighted by atomic mass is 10.1. The fourth-order valence-electron chi connectivity index (χ4n) is 2.19. The molecule has 0 aromatic heterocycles. The molecule has 0 aliphatic carbocycles. The van der Waals surface area contributed by atoms with E-state index in [2.05, 4.69) is 0 Å². The first-order valence-corrected chi connectivity index (χ1v) is 6.87. The summed E-state index contributed by atoms with van der Waals surface area (Å²) in [5, 5.41) is 9.56. The second-order valence-electron chi connectivity index (χ2n) is 4.85. The molecule has 3 rings (SSSR count). The summed E-state index contributed by atoms with van der Waals surface area (Å²) in [6.07, 6.45) is 0. The average molecular weight is 276 g/mol. The molecule has 0 spiro atoms. The van der Waals surface area contributed by atoms with Gasteiger partial charge in [-0.1, -0.05) is 54.6 Å². The molecule has 3 aromatic rings. The van der Waals surface area contributed by atoms with Crippen molar-refractivity contribution < 1.29 is 9.84 Å². The summed E-state index contributed by atoms with van der Waals surface area (Å²) < 4.78 is 5.82. The highest BCUT2D eigenvalue weighted by Gasteiger charge is 2.01. The first kappa shape index (κ1) is 13.3. The maximum Gasteiger partial charge on any atom is 0.120 e. The number of ether oxygens (including phenoxy) is 1. The molecule has 0 unspecified atom stereocenters. The van der Waals surface area contributed by atoms with Crippen LogP contribution in [0.1, 0.15) is 5.56 Å². The van der Waals surface area contributed by atoms with Crippen molar-refractivity contribution in [2.75, 3.05) is 0 Å². The minimum absolute atomic E-state index is 0.267. The van der Waals surface area contributed by atoms with Crippen molar-refractivity contribution in [1.29, 1.82) is 0 Å². The Labute approximate surface area is 124 Å². The van der Waals surface area contributed by atoms with Crippen LogP contribution >= 0.6 is 0 Å². The first-order valence-electron chi connectivity index (χ1n) is 6.87. The molecule has 0 aliphatic heterocycles. The molecule has 0 radical (unpaired) electrons. The summed E-state index contributed by atoms with van der Waals surface area (Å²) in [7, 11) is 0. The van der Waals surface area contributed by atoms with Crippen molar-refractivity contribution in [2.24, 2.45) is 0 Å². The van der Waals surface area contributed by atoms with Crippen LogP contribution in [-0.4, -0.2) is 5.11 Å². The number of phenolic OH excluding ortho intramolecular Hbond substituents is 1. The zero-order chi connectivity index (χ0) is 14.5. The van der Waals surface area contributed by atoms with Gasteiger partial charge in [-0.15, -0.1) is 0 Å². The zero-order valence-electron chi connectivity index (χ0n) is 11.6. The van der Waals surface area contributed by atoms with E-state index in [0.29, 0.717) is 6.61 Å². The Morgan fingerprint density at radius 2 is 1.43 bits per heavy atom. The van der Waals surface area contributed by atoms with Gasteiger partial charge in [0, 0.05) is 0 Å². The van der Waals surface area contributed by atoms with Crippen molar-refractivity contribution in [2.45, 2.75) is 6.61 Å². The largest absolute Gasteiger partial charge is 0.508 e. The normalized spacial score (nSPS) is 10.3. The van der Waals surface area contributed by atoms with E-state index in [1.54, 1.807) is 12.1 Å². The fourth-order valence-corrected chi connectivity index (χ4v) is 2.19. The summed E-state index contributed by atoms with van der Waals surface area (Å²) in [5.41, 5.74) is 3.14. The average Bonchev–Trinajstić information content (AvgIpc) is 2.54. The van der Waals surface area contributed by atoms with Gasteiger partial charge in [0.2, 0.25) is 0 Å². The second-order valence-corrected chi connectivity index (χ2v) is 4.85. The van der Waals surface area contributed by atoms with Crippen LogP contribution in [0.2, 0.25) is 0 Å². The molecule has 0 saturated heterocycles. The van der Waals surface area contributed by atoms with Crippen molar-refractivity contribution in [3.8, 4) is 22.6 Å². The molecule has 2 nitrogen and oxygen atoms in total. The van der Waals surface area contributed by atoms with Gasteiger partial charge in [-0.05, 0) is 41.0 Å². The highest BCUT2D eigenvalue weighted by Crippen LogP contribution is 2.26. The van der Waals surface area contributed by atoms with E-state index in [1.165, 1.54) is 0 Å². The molecule has 0 bridgehead atoms. The number of phenols is 1. The van der Waals surface area contributed by atoms with Gasteiger partial charge >= 0.3 is 0 Å². The number of hydrogen-bond donors (Lipinski definition) is 1. The molecule has 3 aromatic carbocycles. The molecular weight excluding hydrogens is 260 g/mol. The summed E-state index contributed by atoms with van der Waals surface area (Å²) >= 11 is 0. The van der Waals surface area contributed by atoms with Crippen molar-refractivity contribution in [3.05, 3.63) is 84.4 Å². The van der Waals surface area contributed by atoms with Gasteiger partial charge < -0.3 is 9.84 Å². The van der Waals surface area contributed by atoms with E-state index >= 15 is 0 Å². The lowest BCUT2D eigenvalue weighted by Crippen LogP contribution is -1.94. The van der Waals surface area contributed by atoms with E-state index in [-0.39, 0.29) is 5.75 Å². The van der Waals surface area contributed by atoms with E-state index in [0.717, 1.165) is 22.4 Å². The van der Waals surface area contributed by atoms with Crippen LogP contribution in [-0.2, 0) is 6.61 Å². The Kier molecular flexibility index (Phi) is 3.88. The highest BCUT2D eigenvalue weighted by molar-refractivity contribution is 5.66. The minimum Gasteiger partial charge on any atom is -0.508 e. The fraction of sp³-hybridized carbons (Fsp3) is 0.0526. The maximum absolute atomic E-state index is 9.56. The van der Waals surface area contributed by atoms with Crippen LogP contribution in [0.5, 0.6) is 11.5 Å². The molecule has 0 fully saturated rings. The van der Waals surface area contributed by atoms with Crippen LogP contribution in [0.25, 0.3) is 11.1 Å². The van der Waals surface area contributed by atoms with Crippen molar-refractivity contribution >= 4 is 0 Å². The summed E-state index contributed by atoms with van der Waals surface area (Å²) in [5.74, 6) is 1.09. The van der Waals surface area contributed by atoms with Gasteiger partial charge in [0.25, 0.3) is 0 Å². The number of aromatic hydroxyl groups is 1. The van der Waals surface area contributed by atoms with Crippen LogP contribution in [0, 0.1) is 0 Å². The number of rotatable bonds is 4. The molecule has 1 N–H and O–H groups in total. The quantitative estimate of drug-likeness (QED) is 0.752. The van der Waals surface area contributed by atoms with Crippen molar-refractivity contribution in [1.82, 2.24) is 0 Å². The molecule has 2 heteroatoms. The molecule has 0 atom stereocenters. The van der Waals surface area contributed by atoms with Crippen LogP contribution in [0.3, 0.4) is 0 Å². The molecule has 104 valence electrons. The molecule has 0 aliphatic rings. The molecule has 0 saturated carbocycles. The smallest absolute Gasteiger partial charge is 0.120 e. The van der Waals surface area contributed by atoms with Gasteiger partial charge in [-0.25, -0.2) is 0 Å². The maximum atomic E-state index is 9.56. The van der Waals surface area contributed by atoms with E-state index in [4.69, 9.17) is 4.74 Å². The third kappa shape index (κ3) is 3.42. The Morgan fingerprint density at radius 1 is 0.714 bits per heavy atom. The number of hydrogen-bond acceptors (Lipinski definition) is 2. The van der Waals surface area contributed by atoms with Crippen LogP contribution in [0.15, 0.2) is 78.9 Å². The predicted octanol–water partition coefficient (Wildman–Crippen LogP) is 4.64. The van der Waals surface area contributed by atoms with E-state index in [9.17, 15) is 5.11 Å². The molecule has 0 heterocycles. The van der Waals surface area contributed by atoms with Crippen LogP contribution < -0.4 is 4.74 Å². The van der Waals surface area contributed by atoms with Gasteiger partial charge in [0.1, 0.15) is 18.1 Å². The third-order valence-corrected chi connectivity index (χ3v) is 3.26. The second kappa shape index (κ2) is 6.14.